The maximum absolute atomic E-state index is 12.0. The SMILES string of the molecule is CCc1cc(C2(c3cc(CC)c(O)c([N+](=O)[O-])c3)c3ccccc3-c3ccccc32)cc([N+](=O)[O-])c1O. The molecule has 0 spiro atoms. The maximum atomic E-state index is 12.0. The highest BCUT2D eigenvalue weighted by atomic mass is 16.6. The number of phenolic OH excluding ortho intramolecular Hbond substituents is 2. The molecule has 0 unspecified atom stereocenters. The van der Waals surface area contributed by atoms with Crippen molar-refractivity contribution in [2.24, 2.45) is 0 Å². The monoisotopic (exact) mass is 496 g/mol. The summed E-state index contributed by atoms with van der Waals surface area (Å²) < 4.78 is 0. The van der Waals surface area contributed by atoms with Crippen molar-refractivity contribution in [2.45, 2.75) is 32.1 Å². The van der Waals surface area contributed by atoms with Crippen LogP contribution in [-0.2, 0) is 18.3 Å². The summed E-state index contributed by atoms with van der Waals surface area (Å²) in [4.78, 5) is 22.8. The van der Waals surface area contributed by atoms with Crippen LogP contribution in [-0.4, -0.2) is 20.1 Å². The molecule has 1 aliphatic rings. The van der Waals surface area contributed by atoms with Crippen LogP contribution in [0, 0.1) is 20.2 Å². The van der Waals surface area contributed by atoms with E-state index in [0.29, 0.717) is 35.1 Å². The lowest BCUT2D eigenvalue weighted by molar-refractivity contribution is -0.386. The number of phenols is 2. The Morgan fingerprint density at radius 2 is 1.05 bits per heavy atom. The number of nitro benzene ring substituents is 2. The largest absolute Gasteiger partial charge is 0.502 e. The molecule has 8 heteroatoms. The van der Waals surface area contributed by atoms with Crippen LogP contribution >= 0.6 is 0 Å². The minimum Gasteiger partial charge on any atom is -0.502 e. The first-order valence-electron chi connectivity index (χ1n) is 12.0. The molecule has 4 aromatic carbocycles. The van der Waals surface area contributed by atoms with E-state index in [4.69, 9.17) is 0 Å². The number of aromatic hydroxyl groups is 2. The van der Waals surface area contributed by atoms with E-state index in [-0.39, 0.29) is 0 Å². The van der Waals surface area contributed by atoms with Gasteiger partial charge in [0.25, 0.3) is 0 Å². The average Bonchev–Trinajstić information content (AvgIpc) is 3.20. The minimum atomic E-state index is -1.17. The first-order valence-corrected chi connectivity index (χ1v) is 12.0. The summed E-state index contributed by atoms with van der Waals surface area (Å²) in [6.07, 6.45) is 0.686. The number of hydrogen-bond acceptors (Lipinski definition) is 6. The topological polar surface area (TPSA) is 127 Å². The second-order valence-corrected chi connectivity index (χ2v) is 9.07. The van der Waals surface area contributed by atoms with Gasteiger partial charge < -0.3 is 10.2 Å². The zero-order chi connectivity index (χ0) is 26.5. The van der Waals surface area contributed by atoms with Crippen molar-refractivity contribution < 1.29 is 20.1 Å². The van der Waals surface area contributed by atoms with Crippen molar-refractivity contribution in [3.8, 4) is 22.6 Å². The van der Waals surface area contributed by atoms with E-state index in [1.165, 1.54) is 12.1 Å². The third kappa shape index (κ3) is 3.36. The predicted molar refractivity (Wildman–Crippen MR) is 139 cm³/mol. The molecule has 2 N–H and O–H groups in total. The summed E-state index contributed by atoms with van der Waals surface area (Å²) >= 11 is 0. The first-order chi connectivity index (χ1) is 17.7. The summed E-state index contributed by atoms with van der Waals surface area (Å²) in [6, 6.07) is 21.5. The lowest BCUT2D eigenvalue weighted by Crippen LogP contribution is -2.29. The Balaban J connectivity index is 2.02. The minimum absolute atomic E-state index is 0.343. The Morgan fingerprint density at radius 3 is 1.41 bits per heavy atom. The molecule has 4 aromatic rings. The van der Waals surface area contributed by atoms with Gasteiger partial charge in [-0.1, -0.05) is 74.5 Å². The Labute approximate surface area is 212 Å². The lowest BCUT2D eigenvalue weighted by Gasteiger charge is -2.34. The summed E-state index contributed by atoms with van der Waals surface area (Å²) in [7, 11) is 0. The molecule has 0 fully saturated rings. The highest BCUT2D eigenvalue weighted by Gasteiger charge is 2.48. The number of benzene rings is 4. The van der Waals surface area contributed by atoms with Crippen LogP contribution in [0.15, 0.2) is 72.8 Å². The fourth-order valence-electron chi connectivity index (χ4n) is 5.63. The van der Waals surface area contributed by atoms with Crippen LogP contribution < -0.4 is 0 Å². The van der Waals surface area contributed by atoms with Gasteiger partial charge in [-0.3, -0.25) is 20.2 Å². The molecule has 0 saturated heterocycles. The first kappa shape index (κ1) is 24.0. The highest BCUT2D eigenvalue weighted by Crippen LogP contribution is 2.58. The molecule has 0 radical (unpaired) electrons. The third-order valence-corrected chi connectivity index (χ3v) is 7.31. The van der Waals surface area contributed by atoms with Gasteiger partial charge in [0.1, 0.15) is 0 Å². The number of nitrogens with zero attached hydrogens (tertiary/aromatic N) is 2. The molecular weight excluding hydrogens is 472 g/mol. The van der Waals surface area contributed by atoms with Crippen molar-refractivity contribution >= 4 is 11.4 Å². The smallest absolute Gasteiger partial charge is 0.311 e. The van der Waals surface area contributed by atoms with Crippen molar-refractivity contribution in [2.75, 3.05) is 0 Å². The molecule has 8 nitrogen and oxygen atoms in total. The van der Waals surface area contributed by atoms with Crippen molar-refractivity contribution in [3.63, 3.8) is 0 Å². The van der Waals surface area contributed by atoms with Crippen LogP contribution in [0.25, 0.3) is 11.1 Å². The Bertz CT molecular complexity index is 1470. The fourth-order valence-corrected chi connectivity index (χ4v) is 5.63. The summed E-state index contributed by atoms with van der Waals surface area (Å²) in [5.74, 6) is -0.784. The number of aryl methyl sites for hydroxylation is 2. The molecule has 0 heterocycles. The van der Waals surface area contributed by atoms with Crippen LogP contribution in [0.1, 0.15) is 47.2 Å². The fraction of sp³-hybridized carbons (Fsp3) is 0.172. The maximum Gasteiger partial charge on any atom is 0.311 e. The summed E-state index contributed by atoms with van der Waals surface area (Å²) in [6.45, 7) is 3.60. The second-order valence-electron chi connectivity index (χ2n) is 9.07. The number of nitro groups is 2. The Kier molecular flexibility index (Phi) is 5.67. The molecule has 186 valence electrons. The van der Waals surface area contributed by atoms with Gasteiger partial charge in [-0.15, -0.1) is 0 Å². The third-order valence-electron chi connectivity index (χ3n) is 7.31. The molecule has 0 atom stereocenters. The molecular formula is C29H24N2O6. The van der Waals surface area contributed by atoms with E-state index < -0.39 is 38.1 Å². The highest BCUT2D eigenvalue weighted by molar-refractivity contribution is 5.87. The predicted octanol–water partition coefficient (Wildman–Crippen LogP) is 6.40. The summed E-state index contributed by atoms with van der Waals surface area (Å²) in [5.41, 5.74) is 3.20. The molecule has 37 heavy (non-hydrogen) atoms. The lowest BCUT2D eigenvalue weighted by atomic mass is 9.66. The van der Waals surface area contributed by atoms with Gasteiger partial charge in [-0.2, -0.15) is 0 Å². The molecule has 0 aliphatic heterocycles. The number of fused-ring (bicyclic) bond motifs is 3. The van der Waals surface area contributed by atoms with Crippen molar-refractivity contribution in [1.82, 2.24) is 0 Å². The van der Waals surface area contributed by atoms with E-state index in [9.17, 15) is 30.4 Å². The van der Waals surface area contributed by atoms with Gasteiger partial charge in [-0.25, -0.2) is 0 Å². The van der Waals surface area contributed by atoms with Gasteiger partial charge in [0.05, 0.1) is 15.3 Å². The van der Waals surface area contributed by atoms with Gasteiger partial charge in [0.15, 0.2) is 11.5 Å². The van der Waals surface area contributed by atoms with Crippen LogP contribution in [0.2, 0.25) is 0 Å². The molecule has 0 bridgehead atoms. The van der Waals surface area contributed by atoms with E-state index in [1.807, 2.05) is 48.5 Å². The van der Waals surface area contributed by atoms with Crippen LogP contribution in [0.5, 0.6) is 11.5 Å². The zero-order valence-corrected chi connectivity index (χ0v) is 20.3. The van der Waals surface area contributed by atoms with Gasteiger partial charge in [0.2, 0.25) is 0 Å². The summed E-state index contributed by atoms with van der Waals surface area (Å²) in [5, 5.41) is 45.3. The van der Waals surface area contributed by atoms with Crippen molar-refractivity contribution in [1.29, 1.82) is 0 Å². The normalized spacial score (nSPS) is 13.1. The molecule has 0 saturated carbocycles. The molecule has 1 aliphatic carbocycles. The van der Waals surface area contributed by atoms with Gasteiger partial charge in [0, 0.05) is 23.3 Å². The van der Waals surface area contributed by atoms with E-state index in [0.717, 1.165) is 22.3 Å². The van der Waals surface area contributed by atoms with Gasteiger partial charge in [-0.05, 0) is 46.2 Å². The van der Waals surface area contributed by atoms with E-state index in [2.05, 4.69) is 0 Å². The zero-order valence-electron chi connectivity index (χ0n) is 20.3. The average molecular weight is 497 g/mol. The molecule has 0 aromatic heterocycles. The van der Waals surface area contributed by atoms with Crippen molar-refractivity contribution in [3.05, 3.63) is 126 Å². The molecule has 0 amide bonds. The number of hydrogen-bond donors (Lipinski definition) is 2. The molecule has 5 rings (SSSR count). The van der Waals surface area contributed by atoms with Gasteiger partial charge >= 0.3 is 11.4 Å². The van der Waals surface area contributed by atoms with E-state index >= 15 is 0 Å². The second kappa shape index (κ2) is 8.74. The number of rotatable bonds is 6. The van der Waals surface area contributed by atoms with E-state index in [1.54, 1.807) is 26.0 Å². The van der Waals surface area contributed by atoms with Crippen LogP contribution in [0.3, 0.4) is 0 Å². The standard InChI is InChI=1S/C29H24N2O6/c1-3-17-13-19(15-25(27(17)32)30(34)35)29(20-14-18(4-2)28(33)26(16-20)31(36)37)23-11-7-5-9-21(23)22-10-6-8-12-24(22)29/h5-16,32-33H,3-4H2,1-2H3. The Hall–Kier alpha value is -4.72. The quantitative estimate of drug-likeness (QED) is 0.207. The Morgan fingerprint density at radius 1 is 0.676 bits per heavy atom. The van der Waals surface area contributed by atoms with Crippen LogP contribution in [0.4, 0.5) is 11.4 Å².